The van der Waals surface area contributed by atoms with E-state index in [-0.39, 0.29) is 24.5 Å². The highest BCUT2D eigenvalue weighted by molar-refractivity contribution is 5.83. The lowest BCUT2D eigenvalue weighted by molar-refractivity contribution is -0.133. The number of fused-ring (bicyclic) bond motifs is 1. The summed E-state index contributed by atoms with van der Waals surface area (Å²) in [6, 6.07) is 9.63. The Morgan fingerprint density at radius 3 is 2.96 bits per heavy atom. The van der Waals surface area contributed by atoms with Crippen LogP contribution in [-0.4, -0.2) is 24.1 Å². The maximum Gasteiger partial charge on any atom is 0.231 e. The Morgan fingerprint density at radius 1 is 1.26 bits per heavy atom. The van der Waals surface area contributed by atoms with Crippen molar-refractivity contribution < 1.29 is 18.7 Å². The van der Waals surface area contributed by atoms with Gasteiger partial charge in [0, 0.05) is 30.5 Å². The monoisotopic (exact) mass is 313 g/mol. The first-order chi connectivity index (χ1) is 11.3. The molecule has 120 valence electrons. The molecule has 1 amide bonds. The number of carbonyl (C=O) groups excluding carboxylic acids is 1. The van der Waals surface area contributed by atoms with Gasteiger partial charge in [-0.25, -0.2) is 0 Å². The van der Waals surface area contributed by atoms with Gasteiger partial charge < -0.3 is 18.8 Å². The predicted molar refractivity (Wildman–Crippen MR) is 83.2 cm³/mol. The van der Waals surface area contributed by atoms with Crippen LogP contribution in [0.3, 0.4) is 0 Å². The van der Waals surface area contributed by atoms with Crippen molar-refractivity contribution in [3.05, 3.63) is 47.9 Å². The highest BCUT2D eigenvalue weighted by Crippen LogP contribution is 2.49. The zero-order chi connectivity index (χ0) is 15.8. The van der Waals surface area contributed by atoms with Crippen molar-refractivity contribution in [3.8, 4) is 11.5 Å². The van der Waals surface area contributed by atoms with Gasteiger partial charge in [0.05, 0.1) is 6.26 Å². The third-order valence-electron chi connectivity index (χ3n) is 4.55. The Morgan fingerprint density at radius 2 is 2.17 bits per heavy atom. The van der Waals surface area contributed by atoms with Crippen LogP contribution in [0.4, 0.5) is 0 Å². The fourth-order valence-corrected chi connectivity index (χ4v) is 3.19. The van der Waals surface area contributed by atoms with Crippen molar-refractivity contribution in [1.82, 2.24) is 4.90 Å². The normalized spacial score (nSPS) is 21.3. The smallest absolute Gasteiger partial charge is 0.231 e. The number of carbonyl (C=O) groups is 1. The van der Waals surface area contributed by atoms with Crippen molar-refractivity contribution in [2.24, 2.45) is 5.92 Å². The Labute approximate surface area is 134 Å². The zero-order valence-electron chi connectivity index (χ0n) is 13.0. The summed E-state index contributed by atoms with van der Waals surface area (Å²) in [4.78, 5) is 14.6. The van der Waals surface area contributed by atoms with E-state index in [2.05, 4.69) is 0 Å². The lowest BCUT2D eigenvalue weighted by atomic mass is 10.1. The average Bonchev–Trinajstić information content (AvgIpc) is 3.00. The summed E-state index contributed by atoms with van der Waals surface area (Å²) in [7, 11) is 0. The van der Waals surface area contributed by atoms with Crippen LogP contribution in [0.15, 0.2) is 41.0 Å². The van der Waals surface area contributed by atoms with Gasteiger partial charge in [-0.15, -0.1) is 0 Å². The van der Waals surface area contributed by atoms with E-state index in [0.717, 1.165) is 29.2 Å². The largest absolute Gasteiger partial charge is 0.469 e. The highest BCUT2D eigenvalue weighted by atomic mass is 16.7. The molecule has 1 saturated carbocycles. The van der Waals surface area contributed by atoms with Crippen LogP contribution in [0.2, 0.25) is 0 Å². The molecule has 2 aliphatic rings. The van der Waals surface area contributed by atoms with Crippen LogP contribution < -0.4 is 9.47 Å². The van der Waals surface area contributed by atoms with Gasteiger partial charge in [-0.1, -0.05) is 12.1 Å². The summed E-state index contributed by atoms with van der Waals surface area (Å²) in [5, 5.41) is 0. The first kappa shape index (κ1) is 14.2. The topological polar surface area (TPSA) is 51.9 Å². The van der Waals surface area contributed by atoms with E-state index in [1.165, 1.54) is 0 Å². The molecule has 2 atom stereocenters. The second-order valence-electron chi connectivity index (χ2n) is 5.97. The lowest BCUT2D eigenvalue weighted by Gasteiger charge is -2.22. The molecule has 1 aromatic heterocycles. The van der Waals surface area contributed by atoms with Gasteiger partial charge >= 0.3 is 0 Å². The molecule has 0 radical (unpaired) electrons. The van der Waals surface area contributed by atoms with Crippen molar-refractivity contribution in [2.45, 2.75) is 25.8 Å². The molecule has 1 fully saturated rings. The molecule has 23 heavy (non-hydrogen) atoms. The molecule has 0 bridgehead atoms. The van der Waals surface area contributed by atoms with Crippen molar-refractivity contribution in [3.63, 3.8) is 0 Å². The van der Waals surface area contributed by atoms with Crippen LogP contribution in [0.1, 0.15) is 30.6 Å². The Kier molecular flexibility index (Phi) is 3.48. The standard InChI is InChI=1S/C18H19NO4/c1-2-19(10-12-5-3-6-16-17(12)23-11-22-16)18(20)14-9-13(14)15-7-4-8-21-15/h3-8,13-14H,2,9-11H2,1H3. The molecule has 5 nitrogen and oxygen atoms in total. The molecular formula is C18H19NO4. The van der Waals surface area contributed by atoms with Gasteiger partial charge in [-0.05, 0) is 31.5 Å². The molecule has 2 heterocycles. The second kappa shape index (κ2) is 5.65. The molecule has 0 N–H and O–H groups in total. The number of benzene rings is 1. The molecule has 5 heteroatoms. The quantitative estimate of drug-likeness (QED) is 0.851. The summed E-state index contributed by atoms with van der Waals surface area (Å²) < 4.78 is 16.4. The lowest BCUT2D eigenvalue weighted by Crippen LogP contribution is -2.32. The van der Waals surface area contributed by atoms with Gasteiger partial charge in [0.1, 0.15) is 5.76 Å². The number of furan rings is 1. The molecular weight excluding hydrogens is 294 g/mol. The molecule has 2 aromatic rings. The first-order valence-electron chi connectivity index (χ1n) is 7.97. The van der Waals surface area contributed by atoms with E-state index in [1.807, 2.05) is 42.2 Å². The first-order valence-corrected chi connectivity index (χ1v) is 7.97. The maximum absolute atomic E-state index is 12.8. The molecule has 1 aromatic carbocycles. The van der Waals surface area contributed by atoms with Crippen LogP contribution in [0.5, 0.6) is 11.5 Å². The van der Waals surface area contributed by atoms with Crippen LogP contribution >= 0.6 is 0 Å². The Balaban J connectivity index is 1.47. The number of amides is 1. The third kappa shape index (κ3) is 2.56. The molecule has 2 unspecified atom stereocenters. The molecule has 4 rings (SSSR count). The van der Waals surface area contributed by atoms with Crippen molar-refractivity contribution in [1.29, 1.82) is 0 Å². The van der Waals surface area contributed by atoms with Gasteiger partial charge in [-0.2, -0.15) is 0 Å². The van der Waals surface area contributed by atoms with E-state index in [4.69, 9.17) is 13.9 Å². The van der Waals surface area contributed by atoms with Crippen LogP contribution in [0, 0.1) is 5.92 Å². The average molecular weight is 313 g/mol. The SMILES string of the molecule is CCN(Cc1cccc2c1OCO2)C(=O)C1CC1c1ccco1. The Bertz CT molecular complexity index is 710. The van der Waals surface area contributed by atoms with E-state index in [9.17, 15) is 4.79 Å². The summed E-state index contributed by atoms with van der Waals surface area (Å²) >= 11 is 0. The summed E-state index contributed by atoms with van der Waals surface area (Å²) in [6.45, 7) is 3.46. The maximum atomic E-state index is 12.8. The van der Waals surface area contributed by atoms with Crippen LogP contribution in [-0.2, 0) is 11.3 Å². The van der Waals surface area contributed by atoms with Crippen molar-refractivity contribution >= 4 is 5.91 Å². The molecule has 1 aliphatic carbocycles. The fourth-order valence-electron chi connectivity index (χ4n) is 3.19. The van der Waals surface area contributed by atoms with Gasteiger partial charge in [0.15, 0.2) is 11.5 Å². The van der Waals surface area contributed by atoms with E-state index in [1.54, 1.807) is 6.26 Å². The summed E-state index contributed by atoms with van der Waals surface area (Å²) in [5.74, 6) is 2.88. The molecule has 0 spiro atoms. The van der Waals surface area contributed by atoms with E-state index < -0.39 is 0 Å². The van der Waals surface area contributed by atoms with E-state index >= 15 is 0 Å². The minimum atomic E-state index is 0.0371. The number of nitrogens with zero attached hydrogens (tertiary/aromatic N) is 1. The van der Waals surface area contributed by atoms with Gasteiger partial charge in [0.25, 0.3) is 0 Å². The molecule has 0 saturated heterocycles. The zero-order valence-corrected chi connectivity index (χ0v) is 13.0. The summed E-state index contributed by atoms with van der Waals surface area (Å²) in [5.41, 5.74) is 0.991. The second-order valence-corrected chi connectivity index (χ2v) is 5.97. The third-order valence-corrected chi connectivity index (χ3v) is 4.55. The van der Waals surface area contributed by atoms with Gasteiger partial charge in [-0.3, -0.25) is 4.79 Å². The minimum absolute atomic E-state index is 0.0371. The molecule has 1 aliphatic heterocycles. The van der Waals surface area contributed by atoms with Gasteiger partial charge in [0.2, 0.25) is 12.7 Å². The predicted octanol–water partition coefficient (Wildman–Crippen LogP) is 3.16. The minimum Gasteiger partial charge on any atom is -0.469 e. The number of para-hydroxylation sites is 1. The van der Waals surface area contributed by atoms with E-state index in [0.29, 0.717) is 13.1 Å². The highest BCUT2D eigenvalue weighted by Gasteiger charge is 2.47. The number of ether oxygens (including phenoxy) is 2. The number of hydrogen-bond acceptors (Lipinski definition) is 4. The van der Waals surface area contributed by atoms with Crippen LogP contribution in [0.25, 0.3) is 0 Å². The summed E-state index contributed by atoms with van der Waals surface area (Å²) in [6.07, 6.45) is 2.53. The Hall–Kier alpha value is -2.43. The van der Waals surface area contributed by atoms with Crippen molar-refractivity contribution in [2.75, 3.05) is 13.3 Å². The number of hydrogen-bond donors (Lipinski definition) is 0. The number of rotatable bonds is 5. The fraction of sp³-hybridized carbons (Fsp3) is 0.389.